The van der Waals surface area contributed by atoms with Crippen molar-refractivity contribution in [3.63, 3.8) is 0 Å². The summed E-state index contributed by atoms with van der Waals surface area (Å²) >= 11 is 0. The van der Waals surface area contributed by atoms with E-state index in [4.69, 9.17) is 6.57 Å². The van der Waals surface area contributed by atoms with Crippen LogP contribution in [-0.4, -0.2) is 9.13 Å². The average molecular weight is 636 g/mol. The first kappa shape index (κ1) is 28.8. The van der Waals surface area contributed by atoms with Crippen LogP contribution >= 0.6 is 0 Å². The molecule has 0 fully saturated rings. The fraction of sp³-hybridized carbons (Fsp3) is 0. The molecule has 230 valence electrons. The average Bonchev–Trinajstić information content (AvgIpc) is 3.69. The molecule has 2 aromatic heterocycles. The van der Waals surface area contributed by atoms with E-state index in [1.165, 1.54) is 10.8 Å². The monoisotopic (exact) mass is 635 g/mol. The molecule has 9 rings (SSSR count). The fourth-order valence-corrected chi connectivity index (χ4v) is 7.41. The molecule has 5 nitrogen and oxygen atoms in total. The van der Waals surface area contributed by atoms with E-state index in [9.17, 15) is 10.5 Å². The summed E-state index contributed by atoms with van der Waals surface area (Å²) < 4.78 is 4.48. The first-order chi connectivity index (χ1) is 24.7. The van der Waals surface area contributed by atoms with E-state index in [-0.39, 0.29) is 0 Å². The number of aromatic nitrogens is 2. The van der Waals surface area contributed by atoms with Gasteiger partial charge in [-0.3, -0.25) is 0 Å². The molecule has 0 bridgehead atoms. The normalized spacial score (nSPS) is 11.1. The van der Waals surface area contributed by atoms with Crippen molar-refractivity contribution < 1.29 is 0 Å². The predicted octanol–water partition coefficient (Wildman–Crippen LogP) is 11.5. The first-order valence-electron chi connectivity index (χ1n) is 16.3. The van der Waals surface area contributed by atoms with Gasteiger partial charge in [-0.2, -0.15) is 10.5 Å². The van der Waals surface area contributed by atoms with Gasteiger partial charge in [0.1, 0.15) is 0 Å². The van der Waals surface area contributed by atoms with E-state index in [0.717, 1.165) is 66.5 Å². The topological polar surface area (TPSA) is 61.8 Å². The van der Waals surface area contributed by atoms with Crippen LogP contribution in [-0.2, 0) is 0 Å². The zero-order chi connectivity index (χ0) is 33.8. The molecule has 5 heteroatoms. The van der Waals surface area contributed by atoms with Gasteiger partial charge in [0.2, 0.25) is 0 Å². The number of para-hydroxylation sites is 2. The number of nitriles is 2. The van der Waals surface area contributed by atoms with Gasteiger partial charge in [0.25, 0.3) is 0 Å². The Kier molecular flexibility index (Phi) is 6.56. The third kappa shape index (κ3) is 4.38. The lowest BCUT2D eigenvalue weighted by atomic mass is 9.92. The maximum atomic E-state index is 10.1. The van der Waals surface area contributed by atoms with E-state index in [0.29, 0.717) is 16.8 Å². The van der Waals surface area contributed by atoms with Gasteiger partial charge in [0.05, 0.1) is 52.1 Å². The second-order valence-electron chi connectivity index (χ2n) is 12.3. The van der Waals surface area contributed by atoms with Gasteiger partial charge in [-0.15, -0.1) is 0 Å². The van der Waals surface area contributed by atoms with E-state index < -0.39 is 0 Å². The van der Waals surface area contributed by atoms with E-state index >= 15 is 0 Å². The van der Waals surface area contributed by atoms with Gasteiger partial charge in [-0.05, 0) is 83.4 Å². The molecule has 7 aromatic carbocycles. The smallest absolute Gasteiger partial charge is 0.189 e. The summed E-state index contributed by atoms with van der Waals surface area (Å²) in [7, 11) is 0. The van der Waals surface area contributed by atoms with Crippen molar-refractivity contribution in [2.45, 2.75) is 0 Å². The molecule has 0 aliphatic heterocycles. The Morgan fingerprint density at radius 2 is 1.10 bits per heavy atom. The maximum absolute atomic E-state index is 10.1. The summed E-state index contributed by atoms with van der Waals surface area (Å²) in [6.07, 6.45) is 0. The third-order valence-electron chi connectivity index (χ3n) is 9.59. The van der Waals surface area contributed by atoms with Gasteiger partial charge < -0.3 is 9.13 Å². The zero-order valence-electron chi connectivity index (χ0n) is 26.7. The molecule has 0 N–H and O–H groups in total. The molecule has 0 aliphatic rings. The van der Waals surface area contributed by atoms with Crippen molar-refractivity contribution in [2.24, 2.45) is 0 Å². The molecular formula is C45H25N5. The van der Waals surface area contributed by atoms with Crippen LogP contribution in [0.3, 0.4) is 0 Å². The highest BCUT2D eigenvalue weighted by molar-refractivity contribution is 6.11. The minimum atomic E-state index is 0.527. The van der Waals surface area contributed by atoms with E-state index in [2.05, 4.69) is 111 Å². The Bertz CT molecular complexity index is 2920. The summed E-state index contributed by atoms with van der Waals surface area (Å²) in [6.45, 7) is 7.74. The summed E-state index contributed by atoms with van der Waals surface area (Å²) in [5, 5.41) is 24.1. The third-order valence-corrected chi connectivity index (χ3v) is 9.59. The van der Waals surface area contributed by atoms with Gasteiger partial charge in [0, 0.05) is 38.3 Å². The highest BCUT2D eigenvalue weighted by Crippen LogP contribution is 2.42. The molecule has 0 radical (unpaired) electrons. The number of benzene rings is 7. The predicted molar refractivity (Wildman–Crippen MR) is 202 cm³/mol. The Hall–Kier alpha value is -7.39. The Morgan fingerprint density at radius 3 is 1.84 bits per heavy atom. The number of hydrogen-bond acceptors (Lipinski definition) is 2. The maximum Gasteiger partial charge on any atom is 0.189 e. The fourth-order valence-electron chi connectivity index (χ4n) is 7.41. The SMILES string of the molecule is [C-]#[N+]c1ccc2c3cc(C#N)ccc3n(-c3ccc(C#N)cc3-c3ccccc3-c3cccc(-n4c5ccccc5c5ccccc54)c3)c2c1. The quantitative estimate of drug-likeness (QED) is 0.181. The minimum Gasteiger partial charge on any atom is -0.310 e. The Labute approximate surface area is 288 Å². The van der Waals surface area contributed by atoms with Crippen molar-refractivity contribution in [2.75, 3.05) is 0 Å². The largest absolute Gasteiger partial charge is 0.310 e. The number of nitrogens with zero attached hydrogens (tertiary/aromatic N) is 5. The van der Waals surface area contributed by atoms with Crippen molar-refractivity contribution in [3.8, 4) is 45.8 Å². The van der Waals surface area contributed by atoms with Crippen LogP contribution in [0, 0.1) is 29.2 Å². The molecular weight excluding hydrogens is 611 g/mol. The summed E-state index contributed by atoms with van der Waals surface area (Å²) in [5.74, 6) is 0. The molecule has 0 unspecified atom stereocenters. The highest BCUT2D eigenvalue weighted by Gasteiger charge is 2.20. The van der Waals surface area contributed by atoms with Gasteiger partial charge >= 0.3 is 0 Å². The molecule has 0 spiro atoms. The second-order valence-corrected chi connectivity index (χ2v) is 12.3. The van der Waals surface area contributed by atoms with E-state index in [1.807, 2.05) is 66.7 Å². The van der Waals surface area contributed by atoms with E-state index in [1.54, 1.807) is 0 Å². The van der Waals surface area contributed by atoms with Crippen LogP contribution in [0.1, 0.15) is 11.1 Å². The van der Waals surface area contributed by atoms with Crippen LogP contribution in [0.5, 0.6) is 0 Å². The van der Waals surface area contributed by atoms with Crippen LogP contribution < -0.4 is 0 Å². The first-order valence-corrected chi connectivity index (χ1v) is 16.3. The zero-order valence-corrected chi connectivity index (χ0v) is 26.7. The molecule has 50 heavy (non-hydrogen) atoms. The molecule has 0 saturated carbocycles. The van der Waals surface area contributed by atoms with Crippen LogP contribution in [0.25, 0.3) is 82.1 Å². The molecule has 0 saturated heterocycles. The molecule has 0 aliphatic carbocycles. The van der Waals surface area contributed by atoms with Crippen molar-refractivity contribution in [3.05, 3.63) is 174 Å². The summed E-state index contributed by atoms with van der Waals surface area (Å²) in [4.78, 5) is 3.73. The van der Waals surface area contributed by atoms with Crippen LogP contribution in [0.2, 0.25) is 0 Å². The minimum absolute atomic E-state index is 0.527. The number of hydrogen-bond donors (Lipinski definition) is 0. The van der Waals surface area contributed by atoms with Gasteiger partial charge in [-0.1, -0.05) is 84.9 Å². The lowest BCUT2D eigenvalue weighted by Crippen LogP contribution is -1.99. The van der Waals surface area contributed by atoms with Gasteiger partial charge in [-0.25, -0.2) is 4.85 Å². The lowest BCUT2D eigenvalue weighted by Gasteiger charge is -2.18. The van der Waals surface area contributed by atoms with Crippen LogP contribution in [0.4, 0.5) is 5.69 Å². The van der Waals surface area contributed by atoms with Crippen molar-refractivity contribution >= 4 is 49.3 Å². The molecule has 0 amide bonds. The standard InChI is InChI=1S/C45H25N5/c1-48-32-19-20-38-40-24-30(28-47)18-22-44(40)50(45(38)26-32)43-21-17-29(27-46)23-39(43)35-12-3-2-11-34(35)31-9-8-10-33(25-31)49-41-15-6-4-13-36(41)37-14-5-7-16-42(37)49/h2-26H. The second kappa shape index (κ2) is 11.4. The molecule has 2 heterocycles. The van der Waals surface area contributed by atoms with Crippen molar-refractivity contribution in [1.29, 1.82) is 10.5 Å². The Morgan fingerprint density at radius 1 is 0.460 bits per heavy atom. The Balaban J connectivity index is 1.30. The van der Waals surface area contributed by atoms with Crippen molar-refractivity contribution in [1.82, 2.24) is 9.13 Å². The molecule has 0 atom stereocenters. The highest BCUT2D eigenvalue weighted by atomic mass is 15.0. The lowest BCUT2D eigenvalue weighted by molar-refractivity contribution is 1.18. The summed E-state index contributed by atoms with van der Waals surface area (Å²) in [5.41, 5.74) is 11.6. The van der Waals surface area contributed by atoms with Crippen LogP contribution in [0.15, 0.2) is 152 Å². The molecule has 9 aromatic rings. The number of fused-ring (bicyclic) bond motifs is 6. The number of rotatable bonds is 4. The summed E-state index contributed by atoms with van der Waals surface area (Å²) in [6, 6.07) is 55.7. The van der Waals surface area contributed by atoms with Gasteiger partial charge in [0.15, 0.2) is 5.69 Å².